The van der Waals surface area contributed by atoms with Crippen molar-refractivity contribution in [3.8, 4) is 17.1 Å². The van der Waals surface area contributed by atoms with E-state index >= 15 is 0 Å². The number of para-hydroxylation sites is 1. The third-order valence-corrected chi connectivity index (χ3v) is 6.21. The molecule has 0 N–H and O–H groups in total. The first-order valence-electron chi connectivity index (χ1n) is 10.7. The highest BCUT2D eigenvalue weighted by molar-refractivity contribution is 7.99. The van der Waals surface area contributed by atoms with Crippen LogP contribution in [0.1, 0.15) is 45.4 Å². The summed E-state index contributed by atoms with van der Waals surface area (Å²) < 4.78 is 20.0. The lowest BCUT2D eigenvalue weighted by Gasteiger charge is -2.30. The van der Waals surface area contributed by atoms with Crippen molar-refractivity contribution in [2.75, 3.05) is 10.7 Å². The van der Waals surface area contributed by atoms with Crippen LogP contribution in [0, 0.1) is 11.7 Å². The summed E-state index contributed by atoms with van der Waals surface area (Å²) in [6.45, 7) is 6.20. The predicted molar refractivity (Wildman–Crippen MR) is 123 cm³/mol. The Kier molecular flexibility index (Phi) is 6.69. The Hall–Kier alpha value is -3.00. The molecule has 0 spiro atoms. The maximum Gasteiger partial charge on any atom is 0.247 e. The second kappa shape index (κ2) is 9.65. The number of nitrogens with zero attached hydrogens (tertiary/aromatic N) is 4. The van der Waals surface area contributed by atoms with E-state index in [2.05, 4.69) is 29.0 Å². The highest BCUT2D eigenvalue weighted by Gasteiger charge is 2.35. The van der Waals surface area contributed by atoms with Gasteiger partial charge in [0, 0.05) is 23.3 Å². The van der Waals surface area contributed by atoms with Crippen molar-refractivity contribution in [3.05, 3.63) is 59.9 Å². The second-order valence-corrected chi connectivity index (χ2v) is 8.99. The third-order valence-electron chi connectivity index (χ3n) is 4.95. The van der Waals surface area contributed by atoms with Gasteiger partial charge in [0.15, 0.2) is 5.69 Å². The van der Waals surface area contributed by atoms with Gasteiger partial charge < -0.3 is 4.74 Å². The van der Waals surface area contributed by atoms with Crippen LogP contribution >= 0.6 is 11.8 Å². The molecule has 0 aliphatic carbocycles. The molecule has 0 saturated heterocycles. The van der Waals surface area contributed by atoms with Gasteiger partial charge in [-0.15, -0.1) is 10.2 Å². The van der Waals surface area contributed by atoms with Crippen LogP contribution in [-0.4, -0.2) is 26.8 Å². The normalized spacial score (nSPS) is 15.0. The van der Waals surface area contributed by atoms with Crippen LogP contribution in [0.5, 0.6) is 5.88 Å². The number of aromatic nitrogens is 3. The number of rotatable bonds is 6. The highest BCUT2D eigenvalue weighted by Crippen LogP contribution is 2.43. The first kappa shape index (κ1) is 22.2. The fourth-order valence-electron chi connectivity index (χ4n) is 3.46. The van der Waals surface area contributed by atoms with E-state index in [9.17, 15) is 9.18 Å². The molecule has 2 heterocycles. The lowest BCUT2D eigenvalue weighted by atomic mass is 10.1. The summed E-state index contributed by atoms with van der Waals surface area (Å²) in [7, 11) is 0. The van der Waals surface area contributed by atoms with Crippen LogP contribution in [-0.2, 0) is 4.79 Å². The molecule has 2 aromatic carbocycles. The van der Waals surface area contributed by atoms with Gasteiger partial charge in [0.25, 0.3) is 0 Å². The number of ether oxygens (including phenoxy) is 1. The van der Waals surface area contributed by atoms with E-state index in [-0.39, 0.29) is 11.7 Å². The van der Waals surface area contributed by atoms with Crippen molar-refractivity contribution in [2.24, 2.45) is 5.92 Å². The Morgan fingerprint density at radius 1 is 1.16 bits per heavy atom. The zero-order chi connectivity index (χ0) is 22.7. The van der Waals surface area contributed by atoms with Crippen LogP contribution in [0.15, 0.2) is 53.7 Å². The van der Waals surface area contributed by atoms with Gasteiger partial charge in [-0.05, 0) is 30.5 Å². The molecular weight excluding hydrogens is 427 g/mol. The lowest BCUT2D eigenvalue weighted by molar-refractivity contribution is -0.120. The summed E-state index contributed by atoms with van der Waals surface area (Å²) in [5.74, 6) is 1.17. The van der Waals surface area contributed by atoms with Gasteiger partial charge in [-0.1, -0.05) is 62.9 Å². The van der Waals surface area contributed by atoms with E-state index in [4.69, 9.17) is 4.74 Å². The highest BCUT2D eigenvalue weighted by atomic mass is 32.2. The van der Waals surface area contributed by atoms with Crippen LogP contribution < -0.4 is 9.64 Å². The van der Waals surface area contributed by atoms with E-state index in [1.54, 1.807) is 17.0 Å². The monoisotopic (exact) mass is 452 g/mol. The standard InChI is InChI=1S/C24H25FN4O2S/c1-4-7-20(30)29-19-9-6-5-8-18(19)21-22(26-24(28-27-21)32-14-15(2)3)31-23(29)16-10-12-17(25)13-11-16/h5-6,8-13,15,23H,4,7,14H2,1-3H3/t23-/m0/s1. The maximum atomic E-state index is 13.6. The summed E-state index contributed by atoms with van der Waals surface area (Å²) in [4.78, 5) is 19.5. The van der Waals surface area contributed by atoms with E-state index in [1.807, 2.05) is 31.2 Å². The van der Waals surface area contributed by atoms with E-state index in [0.29, 0.717) is 46.7 Å². The van der Waals surface area contributed by atoms with Crippen LogP contribution in [0.3, 0.4) is 0 Å². The minimum absolute atomic E-state index is 0.0931. The van der Waals surface area contributed by atoms with Crippen LogP contribution in [0.25, 0.3) is 11.3 Å². The van der Waals surface area contributed by atoms with E-state index < -0.39 is 6.23 Å². The van der Waals surface area contributed by atoms with Crippen molar-refractivity contribution in [3.63, 3.8) is 0 Å². The first-order valence-corrected chi connectivity index (χ1v) is 11.7. The van der Waals surface area contributed by atoms with Gasteiger partial charge in [-0.3, -0.25) is 9.69 Å². The quantitative estimate of drug-likeness (QED) is 0.450. The number of carbonyl (C=O) groups excluding carboxylic acids is 1. The second-order valence-electron chi connectivity index (χ2n) is 8.01. The third kappa shape index (κ3) is 4.60. The molecule has 0 bridgehead atoms. The van der Waals surface area contributed by atoms with Crippen molar-refractivity contribution >= 4 is 23.4 Å². The Morgan fingerprint density at radius 2 is 1.91 bits per heavy atom. The Balaban J connectivity index is 1.87. The fraction of sp³-hybridized carbons (Fsp3) is 0.333. The average Bonchev–Trinajstić information content (AvgIpc) is 2.92. The molecule has 0 unspecified atom stereocenters. The predicted octanol–water partition coefficient (Wildman–Crippen LogP) is 5.65. The van der Waals surface area contributed by atoms with Crippen molar-refractivity contribution in [1.29, 1.82) is 0 Å². The summed E-state index contributed by atoms with van der Waals surface area (Å²) in [6, 6.07) is 13.5. The lowest BCUT2D eigenvalue weighted by Crippen LogP contribution is -2.37. The fourth-order valence-corrected chi connectivity index (χ4v) is 4.19. The number of thioether (sulfide) groups is 1. The zero-order valence-corrected chi connectivity index (χ0v) is 19.1. The number of amides is 1. The van der Waals surface area contributed by atoms with Crippen molar-refractivity contribution < 1.29 is 13.9 Å². The molecule has 0 saturated carbocycles. The summed E-state index contributed by atoms with van der Waals surface area (Å²) >= 11 is 1.51. The number of hydrogen-bond donors (Lipinski definition) is 0. The summed E-state index contributed by atoms with van der Waals surface area (Å²) in [5, 5.41) is 9.23. The maximum absolute atomic E-state index is 13.6. The molecule has 1 aromatic heterocycles. The summed E-state index contributed by atoms with van der Waals surface area (Å²) in [6.07, 6.45) is 0.228. The van der Waals surface area contributed by atoms with Crippen molar-refractivity contribution in [1.82, 2.24) is 15.2 Å². The molecule has 166 valence electrons. The molecule has 3 aromatic rings. The number of carbonyl (C=O) groups is 1. The van der Waals surface area contributed by atoms with Crippen molar-refractivity contribution in [2.45, 2.75) is 45.0 Å². The minimum atomic E-state index is -0.809. The number of anilines is 1. The molecule has 1 aliphatic rings. The van der Waals surface area contributed by atoms with Gasteiger partial charge in [0.1, 0.15) is 5.82 Å². The Labute approximate surface area is 191 Å². The SMILES string of the molecule is CCCC(=O)N1c2ccccc2-c2nnc(SCC(C)C)nc2O[C@H]1c1ccc(F)cc1. The molecule has 0 fully saturated rings. The van der Waals surface area contributed by atoms with Gasteiger partial charge >= 0.3 is 0 Å². The topological polar surface area (TPSA) is 68.2 Å². The summed E-state index contributed by atoms with van der Waals surface area (Å²) in [5.41, 5.74) is 2.51. The largest absolute Gasteiger partial charge is 0.447 e. The molecule has 8 heteroatoms. The zero-order valence-electron chi connectivity index (χ0n) is 18.3. The average molecular weight is 453 g/mol. The van der Waals surface area contributed by atoms with Gasteiger partial charge in [0.05, 0.1) is 5.69 Å². The smallest absolute Gasteiger partial charge is 0.247 e. The molecular formula is C24H25FN4O2S. The van der Waals surface area contributed by atoms with Gasteiger partial charge in [-0.25, -0.2) is 4.39 Å². The Bertz CT molecular complexity index is 1110. The van der Waals surface area contributed by atoms with Gasteiger partial charge in [-0.2, -0.15) is 4.98 Å². The molecule has 0 radical (unpaired) electrons. The molecule has 4 rings (SSSR count). The van der Waals surface area contributed by atoms with Crippen LogP contribution in [0.4, 0.5) is 10.1 Å². The first-order chi connectivity index (χ1) is 15.5. The number of fused-ring (bicyclic) bond motifs is 3. The minimum Gasteiger partial charge on any atom is -0.447 e. The van der Waals surface area contributed by atoms with E-state index in [0.717, 1.165) is 11.3 Å². The molecule has 1 aliphatic heterocycles. The van der Waals surface area contributed by atoms with E-state index in [1.165, 1.54) is 23.9 Å². The van der Waals surface area contributed by atoms with Gasteiger partial charge in [0.2, 0.25) is 23.2 Å². The molecule has 1 amide bonds. The van der Waals surface area contributed by atoms with Crippen LogP contribution in [0.2, 0.25) is 0 Å². The number of hydrogen-bond acceptors (Lipinski definition) is 6. The Morgan fingerprint density at radius 3 is 2.62 bits per heavy atom. The molecule has 1 atom stereocenters. The molecule has 32 heavy (non-hydrogen) atoms. The number of benzene rings is 2. The molecule has 6 nitrogen and oxygen atoms in total. The number of halogens is 1.